The van der Waals surface area contributed by atoms with Crippen molar-refractivity contribution in [3.8, 4) is 11.5 Å². The number of benzene rings is 2. The molecule has 2 heterocycles. The number of fused-ring (bicyclic) bond motifs is 2. The maximum atomic E-state index is 5.93. The van der Waals surface area contributed by atoms with Gasteiger partial charge in [-0.1, -0.05) is 24.3 Å². The van der Waals surface area contributed by atoms with Gasteiger partial charge in [-0.05, 0) is 42.7 Å². The average Bonchev–Trinajstić information content (AvgIpc) is 2.67. The van der Waals surface area contributed by atoms with Crippen molar-refractivity contribution >= 4 is 10.9 Å². The molecule has 4 heteroatoms. The highest BCUT2D eigenvalue weighted by Gasteiger charge is 2.27. The second-order valence-electron chi connectivity index (χ2n) is 6.15. The van der Waals surface area contributed by atoms with Crippen LogP contribution < -0.4 is 14.8 Å². The van der Waals surface area contributed by atoms with E-state index in [1.54, 1.807) is 7.11 Å². The fourth-order valence-electron chi connectivity index (χ4n) is 3.71. The molecule has 1 atom stereocenters. The minimum Gasteiger partial charge on any atom is -0.493 e. The first-order valence-corrected chi connectivity index (χ1v) is 8.73. The highest BCUT2D eigenvalue weighted by molar-refractivity contribution is 5.83. The summed E-state index contributed by atoms with van der Waals surface area (Å²) in [6.45, 7) is 3.54. The SMILES string of the molecule is CCOc1c(OC)ccc2c1CCNC2c1ccnc2ccccc12. The largest absolute Gasteiger partial charge is 0.493 e. The number of pyridine rings is 1. The van der Waals surface area contributed by atoms with Crippen molar-refractivity contribution in [2.45, 2.75) is 19.4 Å². The second kappa shape index (κ2) is 6.73. The third-order valence-corrected chi connectivity index (χ3v) is 4.80. The van der Waals surface area contributed by atoms with Gasteiger partial charge in [-0.25, -0.2) is 0 Å². The summed E-state index contributed by atoms with van der Waals surface area (Å²) in [5, 5.41) is 4.85. The molecule has 1 unspecified atom stereocenters. The molecule has 128 valence electrons. The predicted molar refractivity (Wildman–Crippen MR) is 99.5 cm³/mol. The molecule has 1 aromatic heterocycles. The van der Waals surface area contributed by atoms with Gasteiger partial charge in [-0.2, -0.15) is 0 Å². The van der Waals surface area contributed by atoms with Gasteiger partial charge in [-0.15, -0.1) is 0 Å². The van der Waals surface area contributed by atoms with Crippen molar-refractivity contribution in [2.24, 2.45) is 0 Å². The van der Waals surface area contributed by atoms with Gasteiger partial charge in [0.1, 0.15) is 0 Å². The molecule has 0 aliphatic carbocycles. The van der Waals surface area contributed by atoms with Crippen LogP contribution in [0, 0.1) is 0 Å². The van der Waals surface area contributed by atoms with Gasteiger partial charge in [0, 0.05) is 23.7 Å². The lowest BCUT2D eigenvalue weighted by atomic mass is 9.87. The third-order valence-electron chi connectivity index (χ3n) is 4.80. The molecule has 0 saturated heterocycles. The summed E-state index contributed by atoms with van der Waals surface area (Å²) < 4.78 is 11.5. The second-order valence-corrected chi connectivity index (χ2v) is 6.15. The number of hydrogen-bond acceptors (Lipinski definition) is 4. The summed E-state index contributed by atoms with van der Waals surface area (Å²) in [6, 6.07) is 14.7. The lowest BCUT2D eigenvalue weighted by molar-refractivity contribution is 0.305. The van der Waals surface area contributed by atoms with E-state index in [2.05, 4.69) is 40.6 Å². The molecule has 1 aliphatic heterocycles. The fourth-order valence-corrected chi connectivity index (χ4v) is 3.71. The Hall–Kier alpha value is -2.59. The molecular weight excluding hydrogens is 312 g/mol. The summed E-state index contributed by atoms with van der Waals surface area (Å²) in [7, 11) is 1.69. The van der Waals surface area contributed by atoms with E-state index in [9.17, 15) is 0 Å². The van der Waals surface area contributed by atoms with E-state index in [4.69, 9.17) is 9.47 Å². The quantitative estimate of drug-likeness (QED) is 0.786. The first kappa shape index (κ1) is 15.9. The van der Waals surface area contributed by atoms with E-state index in [1.165, 1.54) is 22.1 Å². The number of rotatable bonds is 4. The molecule has 0 radical (unpaired) electrons. The van der Waals surface area contributed by atoms with E-state index in [0.717, 1.165) is 30.0 Å². The van der Waals surface area contributed by atoms with Gasteiger partial charge in [-0.3, -0.25) is 4.98 Å². The number of para-hydroxylation sites is 1. The standard InChI is InChI=1S/C21H22N2O2/c1-3-25-21-17-11-13-23-20(15(17)8-9-19(21)24-2)16-10-12-22-18-7-5-4-6-14(16)18/h4-10,12,20,23H,3,11,13H2,1-2H3. The molecule has 0 bridgehead atoms. The summed E-state index contributed by atoms with van der Waals surface area (Å²) >= 11 is 0. The maximum Gasteiger partial charge on any atom is 0.164 e. The van der Waals surface area contributed by atoms with Crippen LogP contribution in [-0.4, -0.2) is 25.2 Å². The maximum absolute atomic E-state index is 5.93. The van der Waals surface area contributed by atoms with Crippen LogP contribution in [0.1, 0.15) is 29.7 Å². The van der Waals surface area contributed by atoms with Crippen molar-refractivity contribution in [1.82, 2.24) is 10.3 Å². The Kier molecular flexibility index (Phi) is 4.28. The predicted octanol–water partition coefficient (Wildman–Crippen LogP) is 3.88. The molecule has 3 aromatic rings. The molecular formula is C21H22N2O2. The minimum absolute atomic E-state index is 0.127. The number of nitrogens with one attached hydrogen (secondary N) is 1. The summed E-state index contributed by atoms with van der Waals surface area (Å²) in [5.74, 6) is 1.69. The van der Waals surface area contributed by atoms with Crippen LogP contribution in [0.3, 0.4) is 0 Å². The molecule has 1 N–H and O–H groups in total. The molecule has 2 aromatic carbocycles. The van der Waals surface area contributed by atoms with Gasteiger partial charge in [0.05, 0.1) is 25.3 Å². The Morgan fingerprint density at radius 3 is 2.84 bits per heavy atom. The normalized spacial score (nSPS) is 16.5. The van der Waals surface area contributed by atoms with Crippen LogP contribution >= 0.6 is 0 Å². The van der Waals surface area contributed by atoms with Gasteiger partial charge >= 0.3 is 0 Å². The Bertz CT molecular complexity index is 902. The summed E-state index contributed by atoms with van der Waals surface area (Å²) in [4.78, 5) is 4.49. The smallest absolute Gasteiger partial charge is 0.164 e. The van der Waals surface area contributed by atoms with Crippen molar-refractivity contribution in [1.29, 1.82) is 0 Å². The monoisotopic (exact) mass is 334 g/mol. The van der Waals surface area contributed by atoms with Crippen molar-refractivity contribution in [2.75, 3.05) is 20.3 Å². The topological polar surface area (TPSA) is 43.4 Å². The van der Waals surface area contributed by atoms with Crippen LogP contribution in [0.4, 0.5) is 0 Å². The Morgan fingerprint density at radius 2 is 2.00 bits per heavy atom. The van der Waals surface area contributed by atoms with E-state index in [0.29, 0.717) is 6.61 Å². The average molecular weight is 334 g/mol. The first-order valence-electron chi connectivity index (χ1n) is 8.73. The van der Waals surface area contributed by atoms with Crippen LogP contribution in [0.2, 0.25) is 0 Å². The van der Waals surface area contributed by atoms with Crippen LogP contribution in [-0.2, 0) is 6.42 Å². The molecule has 4 nitrogen and oxygen atoms in total. The zero-order valence-electron chi connectivity index (χ0n) is 14.6. The Morgan fingerprint density at radius 1 is 1.12 bits per heavy atom. The van der Waals surface area contributed by atoms with E-state index in [1.807, 2.05) is 25.3 Å². The molecule has 0 spiro atoms. The van der Waals surface area contributed by atoms with Crippen molar-refractivity contribution in [3.63, 3.8) is 0 Å². The fraction of sp³-hybridized carbons (Fsp3) is 0.286. The molecule has 0 fully saturated rings. The zero-order chi connectivity index (χ0) is 17.2. The van der Waals surface area contributed by atoms with Crippen LogP contribution in [0.15, 0.2) is 48.7 Å². The number of nitrogens with zero attached hydrogens (tertiary/aromatic N) is 1. The number of aromatic nitrogens is 1. The highest BCUT2D eigenvalue weighted by atomic mass is 16.5. The minimum atomic E-state index is 0.127. The van der Waals surface area contributed by atoms with Gasteiger partial charge in [0.15, 0.2) is 11.5 Å². The van der Waals surface area contributed by atoms with Gasteiger partial charge < -0.3 is 14.8 Å². The Labute approximate surface area is 147 Å². The first-order chi connectivity index (χ1) is 12.3. The van der Waals surface area contributed by atoms with Crippen LogP contribution in [0.25, 0.3) is 10.9 Å². The lowest BCUT2D eigenvalue weighted by Gasteiger charge is -2.30. The van der Waals surface area contributed by atoms with E-state index < -0.39 is 0 Å². The molecule has 25 heavy (non-hydrogen) atoms. The van der Waals surface area contributed by atoms with Crippen molar-refractivity contribution in [3.05, 3.63) is 65.4 Å². The van der Waals surface area contributed by atoms with E-state index >= 15 is 0 Å². The van der Waals surface area contributed by atoms with Gasteiger partial charge in [0.25, 0.3) is 0 Å². The van der Waals surface area contributed by atoms with Crippen LogP contribution in [0.5, 0.6) is 11.5 Å². The van der Waals surface area contributed by atoms with E-state index in [-0.39, 0.29) is 6.04 Å². The third kappa shape index (κ3) is 2.72. The molecule has 0 saturated carbocycles. The number of hydrogen-bond donors (Lipinski definition) is 1. The lowest BCUT2D eigenvalue weighted by Crippen LogP contribution is -2.31. The highest BCUT2D eigenvalue weighted by Crippen LogP contribution is 2.41. The number of ether oxygens (including phenoxy) is 2. The molecule has 4 rings (SSSR count). The summed E-state index contributed by atoms with van der Waals surface area (Å²) in [5.41, 5.74) is 4.77. The number of methoxy groups -OCH3 is 1. The van der Waals surface area contributed by atoms with Gasteiger partial charge in [0.2, 0.25) is 0 Å². The molecule has 1 aliphatic rings. The van der Waals surface area contributed by atoms with Crippen molar-refractivity contribution < 1.29 is 9.47 Å². The zero-order valence-corrected chi connectivity index (χ0v) is 14.6. The Balaban J connectivity index is 1.88. The molecule has 0 amide bonds. The summed E-state index contributed by atoms with van der Waals surface area (Å²) in [6.07, 6.45) is 2.82.